The zero-order valence-electron chi connectivity index (χ0n) is 13.1. The van der Waals surface area contributed by atoms with Crippen LogP contribution in [0.5, 0.6) is 0 Å². The van der Waals surface area contributed by atoms with Gasteiger partial charge < -0.3 is 10.3 Å². The van der Waals surface area contributed by atoms with Crippen molar-refractivity contribution in [2.24, 2.45) is 0 Å². The number of hydrogen-bond acceptors (Lipinski definition) is 2. The van der Waals surface area contributed by atoms with Crippen LogP contribution in [0, 0.1) is 13.8 Å². The lowest BCUT2D eigenvalue weighted by Gasteiger charge is -2.26. The monoisotopic (exact) mass is 291 g/mol. The first-order valence-corrected chi connectivity index (χ1v) is 8.02. The molecule has 0 amide bonds. The van der Waals surface area contributed by atoms with Gasteiger partial charge in [-0.3, -0.25) is 0 Å². The highest BCUT2D eigenvalue weighted by atomic mass is 15.1. The van der Waals surface area contributed by atoms with Gasteiger partial charge >= 0.3 is 0 Å². The lowest BCUT2D eigenvalue weighted by molar-refractivity contribution is 0.597. The van der Waals surface area contributed by atoms with E-state index in [1.54, 1.807) is 0 Å². The van der Waals surface area contributed by atoms with Crippen LogP contribution in [0.2, 0.25) is 0 Å². The summed E-state index contributed by atoms with van der Waals surface area (Å²) in [6.07, 6.45) is 3.58. The van der Waals surface area contributed by atoms with Gasteiger partial charge in [-0.15, -0.1) is 0 Å². The van der Waals surface area contributed by atoms with Crippen LogP contribution in [0.3, 0.4) is 0 Å². The fourth-order valence-corrected chi connectivity index (χ4v) is 3.41. The number of rotatable bonds is 2. The number of nitrogens with one attached hydrogen (secondary N) is 2. The Morgan fingerprint density at radius 3 is 2.86 bits per heavy atom. The molecule has 3 heteroatoms. The second kappa shape index (κ2) is 5.16. The Hall–Kier alpha value is -2.29. The van der Waals surface area contributed by atoms with Gasteiger partial charge in [0.2, 0.25) is 5.95 Å². The number of aromatic nitrogens is 2. The van der Waals surface area contributed by atoms with Crippen LogP contribution in [-0.4, -0.2) is 9.97 Å². The van der Waals surface area contributed by atoms with Gasteiger partial charge in [0, 0.05) is 0 Å². The quantitative estimate of drug-likeness (QED) is 0.720. The van der Waals surface area contributed by atoms with Crippen molar-refractivity contribution in [2.75, 3.05) is 5.32 Å². The predicted molar refractivity (Wildman–Crippen MR) is 91.3 cm³/mol. The number of fused-ring (bicyclic) bond motifs is 2. The molecule has 3 aromatic rings. The molecule has 0 radical (unpaired) electrons. The van der Waals surface area contributed by atoms with Gasteiger partial charge in [0.05, 0.1) is 17.1 Å². The van der Waals surface area contributed by atoms with E-state index in [0.29, 0.717) is 6.04 Å². The normalized spacial score (nSPS) is 17.5. The maximum absolute atomic E-state index is 4.72. The SMILES string of the molecule is Cc1cc2nc(NC3CCCc4ccccc43)[nH]c2cc1C. The van der Waals surface area contributed by atoms with E-state index in [1.165, 1.54) is 35.1 Å². The third-order valence-corrected chi connectivity index (χ3v) is 4.78. The first-order chi connectivity index (χ1) is 10.7. The molecule has 3 nitrogen and oxygen atoms in total. The van der Waals surface area contributed by atoms with Gasteiger partial charge in [0.1, 0.15) is 0 Å². The molecule has 112 valence electrons. The van der Waals surface area contributed by atoms with E-state index < -0.39 is 0 Å². The molecule has 1 heterocycles. The molecule has 4 rings (SSSR count). The summed E-state index contributed by atoms with van der Waals surface area (Å²) in [5.74, 6) is 0.877. The van der Waals surface area contributed by atoms with Crippen molar-refractivity contribution in [1.29, 1.82) is 0 Å². The molecule has 1 aliphatic carbocycles. The lowest BCUT2D eigenvalue weighted by Crippen LogP contribution is -2.17. The fraction of sp³-hybridized carbons (Fsp3) is 0.316. The number of benzene rings is 2. The number of aryl methyl sites for hydroxylation is 3. The minimum absolute atomic E-state index is 0.354. The number of anilines is 1. The first-order valence-electron chi connectivity index (χ1n) is 8.02. The topological polar surface area (TPSA) is 40.7 Å². The maximum Gasteiger partial charge on any atom is 0.201 e. The van der Waals surface area contributed by atoms with E-state index >= 15 is 0 Å². The molecule has 1 aromatic heterocycles. The van der Waals surface area contributed by atoms with Crippen LogP contribution >= 0.6 is 0 Å². The van der Waals surface area contributed by atoms with E-state index in [-0.39, 0.29) is 0 Å². The standard InChI is InChI=1S/C19H21N3/c1-12-10-17-18(11-13(12)2)22-19(21-17)20-16-9-5-7-14-6-3-4-8-15(14)16/h3-4,6,8,10-11,16H,5,7,9H2,1-2H3,(H2,20,21,22). The minimum atomic E-state index is 0.354. The van der Waals surface area contributed by atoms with Crippen LogP contribution < -0.4 is 5.32 Å². The molecule has 0 bridgehead atoms. The lowest BCUT2D eigenvalue weighted by atomic mass is 9.88. The molecule has 0 saturated heterocycles. The van der Waals surface area contributed by atoms with Gasteiger partial charge in [-0.25, -0.2) is 4.98 Å². The van der Waals surface area contributed by atoms with Crippen LogP contribution in [0.4, 0.5) is 5.95 Å². The van der Waals surface area contributed by atoms with Crippen molar-refractivity contribution >= 4 is 17.0 Å². The van der Waals surface area contributed by atoms with Crippen molar-refractivity contribution in [1.82, 2.24) is 9.97 Å². The molecule has 22 heavy (non-hydrogen) atoms. The molecule has 0 saturated carbocycles. The highest BCUT2D eigenvalue weighted by Gasteiger charge is 2.20. The third kappa shape index (κ3) is 2.27. The van der Waals surface area contributed by atoms with Crippen molar-refractivity contribution in [3.63, 3.8) is 0 Å². The molecule has 2 N–H and O–H groups in total. The summed E-state index contributed by atoms with van der Waals surface area (Å²) in [5.41, 5.74) is 7.61. The van der Waals surface area contributed by atoms with E-state index in [4.69, 9.17) is 4.98 Å². The molecular weight excluding hydrogens is 270 g/mol. The van der Waals surface area contributed by atoms with Crippen molar-refractivity contribution < 1.29 is 0 Å². The number of nitrogens with zero attached hydrogens (tertiary/aromatic N) is 1. The Morgan fingerprint density at radius 2 is 1.95 bits per heavy atom. The minimum Gasteiger partial charge on any atom is -0.349 e. The van der Waals surface area contributed by atoms with Crippen molar-refractivity contribution in [3.8, 4) is 0 Å². The average Bonchev–Trinajstić information content (AvgIpc) is 2.89. The molecule has 2 aromatic carbocycles. The molecule has 1 unspecified atom stereocenters. The van der Waals surface area contributed by atoms with E-state index in [9.17, 15) is 0 Å². The summed E-state index contributed by atoms with van der Waals surface area (Å²) in [6, 6.07) is 13.4. The predicted octanol–water partition coefficient (Wildman–Crippen LogP) is 4.67. The van der Waals surface area contributed by atoms with Gasteiger partial charge in [-0.05, 0) is 67.5 Å². The van der Waals surface area contributed by atoms with Crippen LogP contribution in [0.15, 0.2) is 36.4 Å². The molecule has 0 spiro atoms. The summed E-state index contributed by atoms with van der Waals surface area (Å²) in [4.78, 5) is 8.13. The number of H-pyrrole nitrogens is 1. The zero-order valence-corrected chi connectivity index (χ0v) is 13.1. The smallest absolute Gasteiger partial charge is 0.201 e. The third-order valence-electron chi connectivity index (χ3n) is 4.78. The summed E-state index contributed by atoms with van der Waals surface area (Å²) in [7, 11) is 0. The summed E-state index contributed by atoms with van der Waals surface area (Å²) < 4.78 is 0. The molecule has 1 atom stereocenters. The second-order valence-corrected chi connectivity index (χ2v) is 6.33. The zero-order chi connectivity index (χ0) is 15.1. The molecule has 1 aliphatic rings. The van der Waals surface area contributed by atoms with E-state index in [1.807, 2.05) is 0 Å². The van der Waals surface area contributed by atoms with Crippen LogP contribution in [0.1, 0.15) is 41.1 Å². The number of hydrogen-bond donors (Lipinski definition) is 2. The van der Waals surface area contributed by atoms with Gasteiger partial charge in [-0.2, -0.15) is 0 Å². The summed E-state index contributed by atoms with van der Waals surface area (Å²) in [6.45, 7) is 4.27. The highest BCUT2D eigenvalue weighted by Crippen LogP contribution is 2.32. The van der Waals surface area contributed by atoms with E-state index in [0.717, 1.165) is 23.4 Å². The number of imidazole rings is 1. The Kier molecular flexibility index (Phi) is 3.14. The van der Waals surface area contributed by atoms with Crippen LogP contribution in [-0.2, 0) is 6.42 Å². The summed E-state index contributed by atoms with van der Waals surface area (Å²) >= 11 is 0. The highest BCUT2D eigenvalue weighted by molar-refractivity contribution is 5.79. The largest absolute Gasteiger partial charge is 0.349 e. The molecular formula is C19H21N3. The van der Waals surface area contributed by atoms with Crippen LogP contribution in [0.25, 0.3) is 11.0 Å². The molecule has 0 fully saturated rings. The van der Waals surface area contributed by atoms with Gasteiger partial charge in [-0.1, -0.05) is 24.3 Å². The Balaban J connectivity index is 1.67. The average molecular weight is 291 g/mol. The Labute approximate surface area is 130 Å². The Morgan fingerprint density at radius 1 is 1.14 bits per heavy atom. The van der Waals surface area contributed by atoms with Crippen molar-refractivity contribution in [3.05, 3.63) is 58.7 Å². The Bertz CT molecular complexity index is 793. The molecule has 0 aliphatic heterocycles. The maximum atomic E-state index is 4.72. The van der Waals surface area contributed by atoms with E-state index in [2.05, 4.69) is 60.5 Å². The summed E-state index contributed by atoms with van der Waals surface area (Å²) in [5, 5.41) is 3.60. The second-order valence-electron chi connectivity index (χ2n) is 6.33. The first kappa shape index (κ1) is 13.4. The fourth-order valence-electron chi connectivity index (χ4n) is 3.41. The van der Waals surface area contributed by atoms with Gasteiger partial charge in [0.25, 0.3) is 0 Å². The van der Waals surface area contributed by atoms with Crippen molar-refractivity contribution in [2.45, 2.75) is 39.2 Å². The van der Waals surface area contributed by atoms with Gasteiger partial charge in [0.15, 0.2) is 0 Å². The number of aromatic amines is 1.